The molecule has 2 aromatic carbocycles. The lowest BCUT2D eigenvalue weighted by atomic mass is 9.98. The first-order valence-electron chi connectivity index (χ1n) is 12.5. The summed E-state index contributed by atoms with van der Waals surface area (Å²) in [6.07, 6.45) is 2.14. The van der Waals surface area contributed by atoms with E-state index in [2.05, 4.69) is 20.2 Å². The summed E-state index contributed by atoms with van der Waals surface area (Å²) in [4.78, 5) is 22.7. The van der Waals surface area contributed by atoms with Crippen LogP contribution in [-0.2, 0) is 16.0 Å². The third-order valence-electron chi connectivity index (χ3n) is 5.96. The van der Waals surface area contributed by atoms with E-state index in [4.69, 9.17) is 25.7 Å². The average Bonchev–Trinajstić information content (AvgIpc) is 2.87. The van der Waals surface area contributed by atoms with Crippen molar-refractivity contribution in [3.05, 3.63) is 53.7 Å². The Hall–Kier alpha value is -3.89. The standard InChI is InChI=1S/C27H34N6O4/c1-3-36-22-14-18(13-20-16-30-27(29)32-26(20)28)15-23(37-4-2)25(22)19-5-7-21(8-6-19)31-24(34)17-33-9-11-35-12-10-33/h5-8,14-16H,3-4,9-13,17H2,1-2H3,(H,31,34)(H4,28,29,30,32). The average molecular weight is 507 g/mol. The zero-order valence-electron chi connectivity index (χ0n) is 21.3. The number of carbonyl (C=O) groups excluding carboxylic acids is 1. The van der Waals surface area contributed by atoms with Crippen LogP contribution in [0, 0.1) is 0 Å². The Morgan fingerprint density at radius 3 is 2.30 bits per heavy atom. The van der Waals surface area contributed by atoms with Crippen molar-refractivity contribution < 1.29 is 19.0 Å². The molecule has 3 aromatic rings. The van der Waals surface area contributed by atoms with Gasteiger partial charge in [-0.25, -0.2) is 4.98 Å². The fourth-order valence-electron chi connectivity index (χ4n) is 4.24. The van der Waals surface area contributed by atoms with Crippen LogP contribution >= 0.6 is 0 Å². The monoisotopic (exact) mass is 506 g/mol. The summed E-state index contributed by atoms with van der Waals surface area (Å²) in [6, 6.07) is 11.6. The Kier molecular flexibility index (Phi) is 8.76. The summed E-state index contributed by atoms with van der Waals surface area (Å²) in [6.45, 7) is 8.06. The summed E-state index contributed by atoms with van der Waals surface area (Å²) in [5.74, 6) is 1.83. The number of amides is 1. The predicted molar refractivity (Wildman–Crippen MR) is 144 cm³/mol. The van der Waals surface area contributed by atoms with Gasteiger partial charge in [-0.05, 0) is 49.2 Å². The van der Waals surface area contributed by atoms with Crippen molar-refractivity contribution in [2.24, 2.45) is 0 Å². The number of nitrogens with zero attached hydrogens (tertiary/aromatic N) is 3. The van der Waals surface area contributed by atoms with E-state index < -0.39 is 0 Å². The molecule has 0 bridgehead atoms. The van der Waals surface area contributed by atoms with Crippen LogP contribution in [0.4, 0.5) is 17.5 Å². The number of hydrogen-bond acceptors (Lipinski definition) is 9. The number of carbonyl (C=O) groups is 1. The number of ether oxygens (including phenoxy) is 3. The molecular weight excluding hydrogens is 472 g/mol. The number of morpholine rings is 1. The molecule has 5 N–H and O–H groups in total. The summed E-state index contributed by atoms with van der Waals surface area (Å²) in [5.41, 5.74) is 15.9. The highest BCUT2D eigenvalue weighted by Gasteiger charge is 2.18. The largest absolute Gasteiger partial charge is 0.493 e. The van der Waals surface area contributed by atoms with E-state index in [1.54, 1.807) is 6.20 Å². The number of nitrogen functional groups attached to an aromatic ring is 2. The molecule has 1 aliphatic rings. The van der Waals surface area contributed by atoms with E-state index >= 15 is 0 Å². The number of aromatic nitrogens is 2. The van der Waals surface area contributed by atoms with Gasteiger partial charge in [0.2, 0.25) is 11.9 Å². The minimum atomic E-state index is -0.0464. The molecule has 1 aliphatic heterocycles. The maximum Gasteiger partial charge on any atom is 0.238 e. The van der Waals surface area contributed by atoms with Crippen molar-refractivity contribution in [1.29, 1.82) is 0 Å². The van der Waals surface area contributed by atoms with Crippen molar-refractivity contribution in [3.8, 4) is 22.6 Å². The Labute approximate surface area is 216 Å². The van der Waals surface area contributed by atoms with Crippen LogP contribution < -0.4 is 26.3 Å². The van der Waals surface area contributed by atoms with Crippen LogP contribution in [0.1, 0.15) is 25.0 Å². The molecule has 4 rings (SSSR count). The summed E-state index contributed by atoms with van der Waals surface area (Å²) in [5, 5.41) is 2.98. The highest BCUT2D eigenvalue weighted by Crippen LogP contribution is 2.41. The van der Waals surface area contributed by atoms with Gasteiger partial charge in [0.25, 0.3) is 0 Å². The quantitative estimate of drug-likeness (QED) is 0.379. The Balaban J connectivity index is 1.57. The number of hydrogen-bond donors (Lipinski definition) is 3. The van der Waals surface area contributed by atoms with Crippen molar-refractivity contribution in [3.63, 3.8) is 0 Å². The molecule has 10 heteroatoms. The van der Waals surface area contributed by atoms with Gasteiger partial charge in [0.05, 0.1) is 38.5 Å². The van der Waals surface area contributed by atoms with E-state index in [9.17, 15) is 4.79 Å². The van der Waals surface area contributed by atoms with Crippen LogP contribution in [0.15, 0.2) is 42.6 Å². The maximum absolute atomic E-state index is 12.5. The van der Waals surface area contributed by atoms with Crippen molar-refractivity contribution in [2.45, 2.75) is 20.3 Å². The van der Waals surface area contributed by atoms with Gasteiger partial charge in [-0.3, -0.25) is 9.69 Å². The second-order valence-corrected chi connectivity index (χ2v) is 8.66. The van der Waals surface area contributed by atoms with Crippen LogP contribution in [-0.4, -0.2) is 66.8 Å². The normalized spacial score (nSPS) is 13.8. The first-order chi connectivity index (χ1) is 18.0. The molecule has 1 saturated heterocycles. The molecule has 10 nitrogen and oxygen atoms in total. The van der Waals surface area contributed by atoms with Gasteiger partial charge in [0.15, 0.2) is 0 Å². The van der Waals surface area contributed by atoms with Gasteiger partial charge in [-0.15, -0.1) is 0 Å². The van der Waals surface area contributed by atoms with Gasteiger partial charge in [-0.1, -0.05) is 12.1 Å². The molecule has 1 amide bonds. The molecule has 0 spiro atoms. The van der Waals surface area contributed by atoms with Crippen molar-refractivity contribution >= 4 is 23.4 Å². The van der Waals surface area contributed by atoms with Gasteiger partial charge in [-0.2, -0.15) is 4.98 Å². The van der Waals surface area contributed by atoms with Gasteiger partial charge in [0, 0.05) is 37.0 Å². The van der Waals surface area contributed by atoms with Crippen LogP contribution in [0.2, 0.25) is 0 Å². The van der Waals surface area contributed by atoms with Crippen LogP contribution in [0.5, 0.6) is 11.5 Å². The van der Waals surface area contributed by atoms with E-state index in [0.29, 0.717) is 56.7 Å². The number of nitrogens with one attached hydrogen (secondary N) is 1. The topological polar surface area (TPSA) is 138 Å². The minimum absolute atomic E-state index is 0.0464. The zero-order chi connectivity index (χ0) is 26.2. The molecule has 0 radical (unpaired) electrons. The molecule has 0 aliphatic carbocycles. The van der Waals surface area contributed by atoms with E-state index in [0.717, 1.165) is 41.0 Å². The van der Waals surface area contributed by atoms with Gasteiger partial charge >= 0.3 is 0 Å². The maximum atomic E-state index is 12.5. The molecule has 196 valence electrons. The van der Waals surface area contributed by atoms with E-state index in [1.165, 1.54) is 0 Å². The third-order valence-corrected chi connectivity index (χ3v) is 5.96. The highest BCUT2D eigenvalue weighted by molar-refractivity contribution is 5.92. The summed E-state index contributed by atoms with van der Waals surface area (Å²) < 4.78 is 17.4. The lowest BCUT2D eigenvalue weighted by Crippen LogP contribution is -2.41. The fourth-order valence-corrected chi connectivity index (χ4v) is 4.24. The third kappa shape index (κ3) is 6.87. The molecule has 1 aromatic heterocycles. The molecule has 0 saturated carbocycles. The molecule has 1 fully saturated rings. The highest BCUT2D eigenvalue weighted by atomic mass is 16.5. The molecular formula is C27H34N6O4. The second kappa shape index (κ2) is 12.4. The Morgan fingerprint density at radius 1 is 1.05 bits per heavy atom. The first kappa shape index (κ1) is 26.2. The first-order valence-corrected chi connectivity index (χ1v) is 12.5. The number of anilines is 3. The predicted octanol–water partition coefficient (Wildman–Crippen LogP) is 2.97. The van der Waals surface area contributed by atoms with Gasteiger partial charge < -0.3 is 31.0 Å². The number of benzene rings is 2. The van der Waals surface area contributed by atoms with Crippen LogP contribution in [0.3, 0.4) is 0 Å². The molecule has 37 heavy (non-hydrogen) atoms. The van der Waals surface area contributed by atoms with Gasteiger partial charge in [0.1, 0.15) is 17.3 Å². The summed E-state index contributed by atoms with van der Waals surface area (Å²) >= 11 is 0. The Bertz CT molecular complexity index is 1190. The number of rotatable bonds is 10. The molecule has 2 heterocycles. The van der Waals surface area contributed by atoms with Crippen molar-refractivity contribution in [1.82, 2.24) is 14.9 Å². The lowest BCUT2D eigenvalue weighted by molar-refractivity contribution is -0.118. The van der Waals surface area contributed by atoms with E-state index in [1.807, 2.05) is 50.2 Å². The zero-order valence-corrected chi connectivity index (χ0v) is 21.3. The lowest BCUT2D eigenvalue weighted by Gasteiger charge is -2.25. The number of nitrogens with two attached hydrogens (primary N) is 2. The van der Waals surface area contributed by atoms with Crippen LogP contribution in [0.25, 0.3) is 11.1 Å². The smallest absolute Gasteiger partial charge is 0.238 e. The second-order valence-electron chi connectivity index (χ2n) is 8.66. The van der Waals surface area contributed by atoms with E-state index in [-0.39, 0.29) is 11.9 Å². The minimum Gasteiger partial charge on any atom is -0.493 e. The summed E-state index contributed by atoms with van der Waals surface area (Å²) in [7, 11) is 0. The SMILES string of the molecule is CCOc1cc(Cc2cnc(N)nc2N)cc(OCC)c1-c1ccc(NC(=O)CN2CCOCC2)cc1. The molecule has 0 atom stereocenters. The molecule has 0 unspecified atom stereocenters. The fraction of sp³-hybridized carbons (Fsp3) is 0.370. The van der Waals surface area contributed by atoms with Crippen molar-refractivity contribution in [2.75, 3.05) is 62.8 Å². The Morgan fingerprint density at radius 2 is 1.70 bits per heavy atom.